The van der Waals surface area contributed by atoms with E-state index in [-0.39, 0.29) is 44.1 Å². The van der Waals surface area contributed by atoms with Crippen LogP contribution in [0.4, 0.5) is 0 Å². The number of carbonyl (C=O) groups excluding carboxylic acids is 6. The number of nitrogens with two attached hydrogens (primary N) is 2. The van der Waals surface area contributed by atoms with Crippen LogP contribution >= 0.6 is 0 Å². The number of aryl methyl sites for hydroxylation is 2. The summed E-state index contributed by atoms with van der Waals surface area (Å²) in [7, 11) is 0. The van der Waals surface area contributed by atoms with Crippen LogP contribution in [-0.2, 0) is 57.6 Å². The fraction of sp³-hybridized carbons (Fsp3) is 0.442. The molecule has 1 aliphatic carbocycles. The molecule has 3 aromatic carbocycles. The van der Waals surface area contributed by atoms with Gasteiger partial charge in [0.15, 0.2) is 5.96 Å². The lowest BCUT2D eigenvalue weighted by Gasteiger charge is -2.31. The van der Waals surface area contributed by atoms with Crippen molar-refractivity contribution in [2.45, 2.75) is 128 Å². The molecule has 0 unspecified atom stereocenters. The Morgan fingerprint density at radius 3 is 1.83 bits per heavy atom. The van der Waals surface area contributed by atoms with Crippen molar-refractivity contribution in [3.63, 3.8) is 0 Å². The number of rotatable bonds is 25. The van der Waals surface area contributed by atoms with E-state index in [9.17, 15) is 48.6 Å². The Kier molecular flexibility index (Phi) is 19.8. The van der Waals surface area contributed by atoms with E-state index in [1.165, 1.54) is 6.92 Å². The number of nitrogens with zero attached hydrogens (tertiary/aromatic N) is 1. The second-order valence-electron chi connectivity index (χ2n) is 18.7. The lowest BCUT2D eigenvalue weighted by atomic mass is 9.82. The van der Waals surface area contributed by atoms with E-state index in [4.69, 9.17) is 11.5 Å². The third-order valence-corrected chi connectivity index (χ3v) is 12.9. The van der Waals surface area contributed by atoms with E-state index in [1.807, 2.05) is 66.7 Å². The fourth-order valence-electron chi connectivity index (χ4n) is 9.05. The third kappa shape index (κ3) is 15.1. The summed E-state index contributed by atoms with van der Waals surface area (Å²) in [6, 6.07) is 14.2. The van der Waals surface area contributed by atoms with E-state index < -0.39 is 102 Å². The molecule has 0 aliphatic heterocycles. The molecule has 20 nitrogen and oxygen atoms in total. The first kappa shape index (κ1) is 55.2. The maximum atomic E-state index is 14.6. The zero-order chi connectivity index (χ0) is 52.6. The maximum absolute atomic E-state index is 14.6. The number of guanidine groups is 1. The fourth-order valence-corrected chi connectivity index (χ4v) is 9.05. The van der Waals surface area contributed by atoms with Gasteiger partial charge >= 0.3 is 11.9 Å². The number of amides is 6. The molecule has 0 spiro atoms. The molecule has 72 heavy (non-hydrogen) atoms. The van der Waals surface area contributed by atoms with Gasteiger partial charge in [0.25, 0.3) is 0 Å². The Bertz CT molecular complexity index is 2580. The average Bonchev–Trinajstić information content (AvgIpc) is 3.66. The third-order valence-electron chi connectivity index (χ3n) is 12.9. The van der Waals surface area contributed by atoms with Gasteiger partial charge in [0.05, 0.1) is 6.42 Å². The first-order valence-corrected chi connectivity index (χ1v) is 24.3. The Morgan fingerprint density at radius 1 is 0.694 bits per heavy atom. The minimum atomic E-state index is -1.78. The van der Waals surface area contributed by atoms with Crippen molar-refractivity contribution in [3.8, 4) is 0 Å². The van der Waals surface area contributed by atoms with Gasteiger partial charge in [-0.3, -0.25) is 38.6 Å². The summed E-state index contributed by atoms with van der Waals surface area (Å²) in [5.74, 6) is -9.22. The number of aromatic nitrogens is 1. The second kappa shape index (κ2) is 25.9. The maximum Gasteiger partial charge on any atom is 0.326 e. The highest BCUT2D eigenvalue weighted by atomic mass is 16.4. The standard InChI is InChI=1S/C52H68N10O10/c1-6-29(4)44(49(69)61-41(51(71)72)25-33-27-56-37-19-12-11-16-34(33)37)62-46(66)38(20-13-23-55-52(53)54)58-48(68)40(26-42(64)65)59-47(67)39(24-28(2)3)60-50(70)45(57-30(5)63)43-35-17-9-7-14-31(35)21-22-32-15-8-10-18-36(32)43/h7-12,14-19,27-29,38-41,43-45,56H,6,13,20-26H2,1-5H3,(H,57,63)(H,58,68)(H,59,67)(H,60,70)(H,61,69)(H,62,66)(H,64,65)(H,71,72)(H4,53,54,55)/t29-,38-,39-,40-,41-,44-,45+/m0/s1. The molecule has 20 heteroatoms. The van der Waals surface area contributed by atoms with E-state index in [0.717, 1.165) is 33.2 Å². The molecule has 0 saturated heterocycles. The Labute approximate surface area is 418 Å². The van der Waals surface area contributed by atoms with Crippen molar-refractivity contribution in [1.29, 1.82) is 0 Å². The molecular weight excluding hydrogens is 925 g/mol. The number of H-pyrrole nitrogens is 1. The molecule has 13 N–H and O–H groups in total. The summed E-state index contributed by atoms with van der Waals surface area (Å²) in [6.07, 6.45) is 2.44. The minimum Gasteiger partial charge on any atom is -0.481 e. The van der Waals surface area contributed by atoms with Crippen LogP contribution in [0.15, 0.2) is 84.0 Å². The van der Waals surface area contributed by atoms with Crippen LogP contribution in [0, 0.1) is 11.8 Å². The highest BCUT2D eigenvalue weighted by molar-refractivity contribution is 5.98. The Balaban J connectivity index is 1.38. The number of aromatic amines is 1. The van der Waals surface area contributed by atoms with Gasteiger partial charge in [-0.25, -0.2) is 4.79 Å². The van der Waals surface area contributed by atoms with Crippen molar-refractivity contribution < 1.29 is 48.6 Å². The summed E-state index contributed by atoms with van der Waals surface area (Å²) in [5.41, 5.74) is 16.1. The summed E-state index contributed by atoms with van der Waals surface area (Å²) in [5, 5.41) is 36.9. The van der Waals surface area contributed by atoms with Crippen LogP contribution in [0.1, 0.15) is 100 Å². The number of benzene rings is 3. The van der Waals surface area contributed by atoms with Crippen LogP contribution < -0.4 is 43.4 Å². The minimum absolute atomic E-state index is 0.0226. The van der Waals surface area contributed by atoms with E-state index in [2.05, 4.69) is 41.9 Å². The number of para-hydroxylation sites is 1. The molecule has 1 aromatic heterocycles. The van der Waals surface area contributed by atoms with Gasteiger partial charge in [0, 0.05) is 42.9 Å². The van der Waals surface area contributed by atoms with Gasteiger partial charge in [-0.15, -0.1) is 0 Å². The van der Waals surface area contributed by atoms with Gasteiger partial charge < -0.3 is 58.6 Å². The van der Waals surface area contributed by atoms with Crippen molar-refractivity contribution in [3.05, 3.63) is 107 Å². The number of carbonyl (C=O) groups is 8. The number of nitrogens with one attached hydrogen (secondary N) is 7. The number of fused-ring (bicyclic) bond motifs is 3. The van der Waals surface area contributed by atoms with Crippen molar-refractivity contribution >= 4 is 64.2 Å². The predicted octanol–water partition coefficient (Wildman–Crippen LogP) is 2.27. The molecule has 1 heterocycles. The molecule has 1 aliphatic rings. The lowest BCUT2D eigenvalue weighted by molar-refractivity contribution is -0.142. The highest BCUT2D eigenvalue weighted by Crippen LogP contribution is 2.37. The largest absolute Gasteiger partial charge is 0.481 e. The Morgan fingerprint density at radius 2 is 1.25 bits per heavy atom. The molecule has 7 atom stereocenters. The van der Waals surface area contributed by atoms with Crippen LogP contribution in [0.25, 0.3) is 10.9 Å². The van der Waals surface area contributed by atoms with Crippen LogP contribution in [-0.4, -0.2) is 111 Å². The SMILES string of the molecule is CC[C@H](C)[C@H](NC(=O)[C@H](CCCN=C(N)N)NC(=O)[C@H](CC(=O)O)NC(=O)[C@H](CC(C)C)NC(=O)[C@H](NC(C)=O)C1c2ccccc2CCc2ccccc21)C(=O)N[C@@H](Cc1c[nH]c2ccccc12)C(=O)O. The quantitative estimate of drug-likeness (QED) is 0.0259. The number of hydrogen-bond donors (Lipinski definition) is 11. The normalized spacial score (nSPS) is 15.1. The number of aliphatic carboxylic acids is 2. The smallest absolute Gasteiger partial charge is 0.326 e. The van der Waals surface area contributed by atoms with Gasteiger partial charge in [0.2, 0.25) is 35.4 Å². The number of carboxylic acids is 2. The summed E-state index contributed by atoms with van der Waals surface area (Å²) >= 11 is 0. The molecule has 0 bridgehead atoms. The summed E-state index contributed by atoms with van der Waals surface area (Å²) < 4.78 is 0. The molecular formula is C52H68N10O10. The van der Waals surface area contributed by atoms with Gasteiger partial charge in [0.1, 0.15) is 36.3 Å². The van der Waals surface area contributed by atoms with Gasteiger partial charge in [-0.2, -0.15) is 0 Å². The highest BCUT2D eigenvalue weighted by Gasteiger charge is 2.39. The molecule has 5 rings (SSSR count). The monoisotopic (exact) mass is 993 g/mol. The molecule has 4 aromatic rings. The summed E-state index contributed by atoms with van der Waals surface area (Å²) in [6.45, 7) is 8.38. The van der Waals surface area contributed by atoms with Crippen molar-refractivity contribution in [1.82, 2.24) is 36.9 Å². The molecule has 386 valence electrons. The Hall–Kier alpha value is -7.77. The zero-order valence-corrected chi connectivity index (χ0v) is 41.3. The average molecular weight is 993 g/mol. The van der Waals surface area contributed by atoms with Crippen LogP contribution in [0.5, 0.6) is 0 Å². The molecule has 0 fully saturated rings. The number of aliphatic imine (C=N–C) groups is 1. The predicted molar refractivity (Wildman–Crippen MR) is 270 cm³/mol. The van der Waals surface area contributed by atoms with E-state index in [1.54, 1.807) is 40.0 Å². The topological polar surface area (TPSA) is 329 Å². The first-order chi connectivity index (χ1) is 34.3. The molecule has 6 amide bonds. The summed E-state index contributed by atoms with van der Waals surface area (Å²) in [4.78, 5) is 116. The first-order valence-electron chi connectivity index (χ1n) is 24.3. The van der Waals surface area contributed by atoms with Gasteiger partial charge in [-0.1, -0.05) is 101 Å². The number of carboxylic acid groups (broad SMARTS) is 2. The second-order valence-corrected chi connectivity index (χ2v) is 18.7. The van der Waals surface area contributed by atoms with E-state index >= 15 is 0 Å². The van der Waals surface area contributed by atoms with Gasteiger partial charge in [-0.05, 0) is 77.8 Å². The van der Waals surface area contributed by atoms with Crippen molar-refractivity contribution in [2.24, 2.45) is 28.3 Å². The van der Waals surface area contributed by atoms with Crippen LogP contribution in [0.2, 0.25) is 0 Å². The zero-order valence-electron chi connectivity index (χ0n) is 41.3. The molecule has 0 saturated carbocycles. The molecule has 0 radical (unpaired) electrons. The number of hydrogen-bond acceptors (Lipinski definition) is 9. The lowest BCUT2D eigenvalue weighted by Crippen LogP contribution is -2.60. The van der Waals surface area contributed by atoms with Crippen LogP contribution in [0.3, 0.4) is 0 Å². The van der Waals surface area contributed by atoms with E-state index in [0.29, 0.717) is 24.8 Å². The van der Waals surface area contributed by atoms with Crippen molar-refractivity contribution in [2.75, 3.05) is 6.54 Å².